The molecule has 0 bridgehead atoms. The number of nitrogens with one attached hydrogen (secondary N) is 1. The SMILES string of the molecule is O=c1[nH]c(C(F)F)c(F)cc1[N+](=O)[O-]. The Kier molecular flexibility index (Phi) is 2.54. The molecule has 1 aromatic heterocycles. The van der Waals surface area contributed by atoms with Gasteiger partial charge in [-0.15, -0.1) is 0 Å². The van der Waals surface area contributed by atoms with Gasteiger partial charge in [0.05, 0.1) is 11.0 Å². The smallest absolute Gasteiger partial charge is 0.313 e. The number of aromatic amines is 1. The second-order valence-corrected chi connectivity index (χ2v) is 2.30. The van der Waals surface area contributed by atoms with Crippen molar-refractivity contribution < 1.29 is 18.1 Å². The summed E-state index contributed by atoms with van der Waals surface area (Å²) in [5.41, 5.74) is -3.71. The molecule has 0 aliphatic heterocycles. The summed E-state index contributed by atoms with van der Waals surface area (Å²) in [6.07, 6.45) is -3.22. The molecular formula is C6H3F3N2O3. The molecule has 8 heteroatoms. The van der Waals surface area contributed by atoms with E-state index in [0.29, 0.717) is 0 Å². The summed E-state index contributed by atoms with van der Waals surface area (Å²) < 4.78 is 36.6. The largest absolute Gasteiger partial charge is 0.336 e. The van der Waals surface area contributed by atoms with Crippen LogP contribution in [0.25, 0.3) is 0 Å². The van der Waals surface area contributed by atoms with Crippen molar-refractivity contribution in [2.45, 2.75) is 6.43 Å². The minimum atomic E-state index is -3.22. The second-order valence-electron chi connectivity index (χ2n) is 2.30. The molecule has 1 aromatic rings. The number of rotatable bonds is 2. The predicted octanol–water partition coefficient (Wildman–Crippen LogP) is 1.36. The first-order valence-corrected chi connectivity index (χ1v) is 3.28. The van der Waals surface area contributed by atoms with E-state index in [1.54, 1.807) is 0 Å². The minimum Gasteiger partial charge on any atom is -0.313 e. The highest BCUT2D eigenvalue weighted by atomic mass is 19.3. The van der Waals surface area contributed by atoms with Gasteiger partial charge in [-0.1, -0.05) is 0 Å². The molecule has 0 saturated heterocycles. The zero-order valence-corrected chi connectivity index (χ0v) is 6.46. The number of nitrogens with zero attached hydrogens (tertiary/aromatic N) is 1. The van der Waals surface area contributed by atoms with E-state index < -0.39 is 34.1 Å². The van der Waals surface area contributed by atoms with E-state index in [1.165, 1.54) is 4.98 Å². The van der Waals surface area contributed by atoms with Crippen LogP contribution in [0.1, 0.15) is 12.1 Å². The van der Waals surface area contributed by atoms with Crippen molar-refractivity contribution in [2.75, 3.05) is 0 Å². The molecule has 1 heterocycles. The third-order valence-corrected chi connectivity index (χ3v) is 1.42. The summed E-state index contributed by atoms with van der Waals surface area (Å²) in [5.74, 6) is -1.51. The molecule has 0 atom stereocenters. The first kappa shape index (κ1) is 10.2. The van der Waals surface area contributed by atoms with Gasteiger partial charge in [-0.2, -0.15) is 0 Å². The Balaban J connectivity index is 3.39. The van der Waals surface area contributed by atoms with Gasteiger partial charge in [0.15, 0.2) is 5.82 Å². The maximum absolute atomic E-state index is 12.7. The summed E-state index contributed by atoms with van der Waals surface area (Å²) >= 11 is 0. The molecule has 0 unspecified atom stereocenters. The van der Waals surface area contributed by atoms with Crippen LogP contribution < -0.4 is 5.56 Å². The quantitative estimate of drug-likeness (QED) is 0.588. The molecule has 1 N–H and O–H groups in total. The Morgan fingerprint density at radius 2 is 2.07 bits per heavy atom. The van der Waals surface area contributed by atoms with Crippen LogP contribution in [0.4, 0.5) is 18.9 Å². The van der Waals surface area contributed by atoms with Crippen molar-refractivity contribution in [3.63, 3.8) is 0 Å². The van der Waals surface area contributed by atoms with Crippen LogP contribution in [0.15, 0.2) is 10.9 Å². The molecule has 1 rings (SSSR count). The number of pyridine rings is 1. The van der Waals surface area contributed by atoms with Gasteiger partial charge in [0.2, 0.25) is 0 Å². The fraction of sp³-hybridized carbons (Fsp3) is 0.167. The lowest BCUT2D eigenvalue weighted by molar-refractivity contribution is -0.386. The lowest BCUT2D eigenvalue weighted by Gasteiger charge is -2.00. The molecule has 0 aromatic carbocycles. The van der Waals surface area contributed by atoms with Crippen molar-refractivity contribution in [1.82, 2.24) is 4.98 Å². The minimum absolute atomic E-state index is 0.167. The van der Waals surface area contributed by atoms with E-state index in [-0.39, 0.29) is 6.07 Å². The Labute approximate surface area is 74.3 Å². The zero-order valence-electron chi connectivity index (χ0n) is 6.46. The van der Waals surface area contributed by atoms with Crippen molar-refractivity contribution in [3.05, 3.63) is 38.0 Å². The van der Waals surface area contributed by atoms with Crippen LogP contribution in [0, 0.1) is 15.9 Å². The summed E-state index contributed by atoms with van der Waals surface area (Å²) in [6.45, 7) is 0. The van der Waals surface area contributed by atoms with Gasteiger partial charge in [0, 0.05) is 0 Å². The van der Waals surface area contributed by atoms with E-state index in [2.05, 4.69) is 0 Å². The number of H-pyrrole nitrogens is 1. The third-order valence-electron chi connectivity index (χ3n) is 1.42. The van der Waals surface area contributed by atoms with Crippen LogP contribution in [0.2, 0.25) is 0 Å². The van der Waals surface area contributed by atoms with Crippen LogP contribution in [-0.4, -0.2) is 9.91 Å². The summed E-state index contributed by atoms with van der Waals surface area (Å²) in [7, 11) is 0. The van der Waals surface area contributed by atoms with Gasteiger partial charge < -0.3 is 4.98 Å². The molecule has 14 heavy (non-hydrogen) atoms. The van der Waals surface area contributed by atoms with Gasteiger partial charge >= 0.3 is 11.2 Å². The van der Waals surface area contributed by atoms with Crippen LogP contribution in [-0.2, 0) is 0 Å². The molecule has 0 aliphatic rings. The van der Waals surface area contributed by atoms with E-state index >= 15 is 0 Å². The van der Waals surface area contributed by atoms with E-state index in [1.807, 2.05) is 0 Å². The van der Waals surface area contributed by atoms with E-state index in [0.717, 1.165) is 0 Å². The van der Waals surface area contributed by atoms with Gasteiger partial charge in [0.25, 0.3) is 6.43 Å². The standard InChI is InChI=1S/C6H3F3N2O3/c7-2-1-3(11(13)14)6(12)10-4(2)5(8)9/h1,5H,(H,10,12). The van der Waals surface area contributed by atoms with Crippen molar-refractivity contribution >= 4 is 5.69 Å². The zero-order chi connectivity index (χ0) is 10.9. The van der Waals surface area contributed by atoms with Gasteiger partial charge in [0.1, 0.15) is 5.69 Å². The van der Waals surface area contributed by atoms with Crippen molar-refractivity contribution in [3.8, 4) is 0 Å². The van der Waals surface area contributed by atoms with Gasteiger partial charge in [-0.25, -0.2) is 13.2 Å². The van der Waals surface area contributed by atoms with Crippen LogP contribution in [0.3, 0.4) is 0 Å². The Morgan fingerprint density at radius 1 is 1.50 bits per heavy atom. The number of hydrogen-bond acceptors (Lipinski definition) is 3. The number of nitro groups is 1. The van der Waals surface area contributed by atoms with Crippen molar-refractivity contribution in [2.24, 2.45) is 0 Å². The Morgan fingerprint density at radius 3 is 2.50 bits per heavy atom. The molecule has 0 saturated carbocycles. The maximum atomic E-state index is 12.7. The van der Waals surface area contributed by atoms with Gasteiger partial charge in [-0.3, -0.25) is 14.9 Å². The summed E-state index contributed by atoms with van der Waals surface area (Å²) in [5, 5.41) is 10.1. The highest BCUT2D eigenvalue weighted by Crippen LogP contribution is 2.19. The first-order valence-electron chi connectivity index (χ1n) is 3.28. The average Bonchev–Trinajstić information content (AvgIpc) is 2.07. The fourth-order valence-electron chi connectivity index (χ4n) is 0.804. The average molecular weight is 208 g/mol. The number of alkyl halides is 2. The highest BCUT2D eigenvalue weighted by molar-refractivity contribution is 5.28. The molecule has 0 aliphatic carbocycles. The van der Waals surface area contributed by atoms with Crippen molar-refractivity contribution in [1.29, 1.82) is 0 Å². The van der Waals surface area contributed by atoms with E-state index in [9.17, 15) is 28.1 Å². The second kappa shape index (κ2) is 3.48. The van der Waals surface area contributed by atoms with Crippen LogP contribution in [0.5, 0.6) is 0 Å². The van der Waals surface area contributed by atoms with Crippen LogP contribution >= 0.6 is 0 Å². The normalized spacial score (nSPS) is 10.6. The predicted molar refractivity (Wildman–Crippen MR) is 38.6 cm³/mol. The lowest BCUT2D eigenvalue weighted by Crippen LogP contribution is -2.15. The van der Waals surface area contributed by atoms with E-state index in [4.69, 9.17) is 0 Å². The summed E-state index contributed by atoms with van der Waals surface area (Å²) in [6, 6.07) is 0.167. The number of aromatic nitrogens is 1. The number of halogens is 3. The molecule has 0 radical (unpaired) electrons. The molecule has 5 nitrogen and oxygen atoms in total. The number of hydrogen-bond donors (Lipinski definition) is 1. The Hall–Kier alpha value is -1.86. The molecule has 0 fully saturated rings. The molecular weight excluding hydrogens is 205 g/mol. The highest BCUT2D eigenvalue weighted by Gasteiger charge is 2.21. The third kappa shape index (κ3) is 1.73. The fourth-order valence-corrected chi connectivity index (χ4v) is 0.804. The Bertz CT molecular complexity index is 429. The lowest BCUT2D eigenvalue weighted by atomic mass is 10.3. The monoisotopic (exact) mass is 208 g/mol. The maximum Gasteiger partial charge on any atom is 0.336 e. The van der Waals surface area contributed by atoms with Gasteiger partial charge in [-0.05, 0) is 0 Å². The molecule has 76 valence electrons. The molecule has 0 spiro atoms. The molecule has 0 amide bonds. The first-order chi connectivity index (χ1) is 6.43. The topological polar surface area (TPSA) is 76.0 Å². The summed E-state index contributed by atoms with van der Waals surface area (Å²) in [4.78, 5) is 21.1.